The van der Waals surface area contributed by atoms with Crippen LogP contribution < -0.4 is 10.6 Å². The number of amides is 1. The van der Waals surface area contributed by atoms with Gasteiger partial charge >= 0.3 is 0 Å². The summed E-state index contributed by atoms with van der Waals surface area (Å²) < 4.78 is 0. The Balaban J connectivity index is 1.31. The molecule has 3 aliphatic heterocycles. The molecule has 0 radical (unpaired) electrons. The number of carbonyl (C=O) groups is 1. The molecule has 0 saturated carbocycles. The van der Waals surface area contributed by atoms with Crippen molar-refractivity contribution in [2.75, 3.05) is 45.1 Å². The Hall–Kier alpha value is -1.73. The Kier molecular flexibility index (Phi) is 5.09. The molecule has 3 aliphatic rings. The maximum Gasteiger partial charge on any atom is 0.239 e. The van der Waals surface area contributed by atoms with Crippen LogP contribution >= 0.6 is 0 Å². The maximum absolute atomic E-state index is 13.1. The van der Waals surface area contributed by atoms with E-state index in [0.29, 0.717) is 23.3 Å². The molecule has 1 amide bonds. The zero-order chi connectivity index (χ0) is 18.0. The molecule has 7 heteroatoms. The van der Waals surface area contributed by atoms with E-state index in [2.05, 4.69) is 37.4 Å². The van der Waals surface area contributed by atoms with Gasteiger partial charge in [-0.25, -0.2) is 9.97 Å². The van der Waals surface area contributed by atoms with Crippen molar-refractivity contribution in [1.82, 2.24) is 25.1 Å². The summed E-state index contributed by atoms with van der Waals surface area (Å²) in [6.45, 7) is 4.89. The second kappa shape index (κ2) is 7.48. The molecule has 0 aliphatic carbocycles. The van der Waals surface area contributed by atoms with E-state index in [1.807, 2.05) is 6.07 Å². The summed E-state index contributed by atoms with van der Waals surface area (Å²) in [5, 5.41) is 6.84. The number of aromatic nitrogens is 2. The van der Waals surface area contributed by atoms with E-state index < -0.39 is 0 Å². The van der Waals surface area contributed by atoms with Crippen molar-refractivity contribution in [3.05, 3.63) is 18.5 Å². The van der Waals surface area contributed by atoms with Gasteiger partial charge in [0.1, 0.15) is 0 Å². The van der Waals surface area contributed by atoms with E-state index in [1.165, 1.54) is 12.8 Å². The number of piperidine rings is 2. The third-order valence-electron chi connectivity index (χ3n) is 6.40. The molecule has 2 N–H and O–H groups in total. The van der Waals surface area contributed by atoms with Gasteiger partial charge in [0, 0.05) is 38.1 Å². The highest BCUT2D eigenvalue weighted by Gasteiger charge is 2.46. The molecule has 3 fully saturated rings. The van der Waals surface area contributed by atoms with Crippen molar-refractivity contribution in [2.45, 2.75) is 44.2 Å². The first-order valence-corrected chi connectivity index (χ1v) is 9.89. The third-order valence-corrected chi connectivity index (χ3v) is 6.40. The highest BCUT2D eigenvalue weighted by Crippen LogP contribution is 2.41. The highest BCUT2D eigenvalue weighted by atomic mass is 16.2. The molecule has 1 atom stereocenters. The molecule has 1 aromatic heterocycles. The Morgan fingerprint density at radius 2 is 1.92 bits per heavy atom. The summed E-state index contributed by atoms with van der Waals surface area (Å²) in [4.78, 5) is 26.0. The first-order chi connectivity index (χ1) is 12.7. The summed E-state index contributed by atoms with van der Waals surface area (Å²) in [7, 11) is 2.13. The van der Waals surface area contributed by atoms with Crippen molar-refractivity contribution in [1.29, 1.82) is 0 Å². The fourth-order valence-corrected chi connectivity index (χ4v) is 4.88. The molecular weight excluding hydrogens is 328 g/mol. The molecule has 0 aromatic carbocycles. The first-order valence-electron chi connectivity index (χ1n) is 9.89. The van der Waals surface area contributed by atoms with Gasteiger partial charge in [0.05, 0.1) is 6.04 Å². The van der Waals surface area contributed by atoms with Gasteiger partial charge < -0.3 is 15.5 Å². The second-order valence-electron chi connectivity index (χ2n) is 8.20. The Labute approximate surface area is 155 Å². The predicted molar refractivity (Wildman–Crippen MR) is 101 cm³/mol. The lowest BCUT2D eigenvalue weighted by Crippen LogP contribution is -2.49. The fraction of sp³-hybridized carbons (Fsp3) is 0.737. The number of nitrogens with zero attached hydrogens (tertiary/aromatic N) is 4. The van der Waals surface area contributed by atoms with E-state index in [9.17, 15) is 4.79 Å². The van der Waals surface area contributed by atoms with Gasteiger partial charge in [0.15, 0.2) is 0 Å². The van der Waals surface area contributed by atoms with Gasteiger partial charge in [-0.3, -0.25) is 9.69 Å². The maximum atomic E-state index is 13.1. The van der Waals surface area contributed by atoms with Crippen molar-refractivity contribution >= 4 is 11.9 Å². The Morgan fingerprint density at radius 1 is 1.23 bits per heavy atom. The van der Waals surface area contributed by atoms with Crippen molar-refractivity contribution in [2.24, 2.45) is 5.41 Å². The number of rotatable bonds is 3. The van der Waals surface area contributed by atoms with Crippen molar-refractivity contribution in [3.63, 3.8) is 0 Å². The average molecular weight is 358 g/mol. The molecule has 3 saturated heterocycles. The molecule has 26 heavy (non-hydrogen) atoms. The number of nitrogens with one attached hydrogen (secondary N) is 2. The summed E-state index contributed by atoms with van der Waals surface area (Å²) in [5.41, 5.74) is 0.352. The van der Waals surface area contributed by atoms with Crippen LogP contribution in [0.4, 0.5) is 5.95 Å². The predicted octanol–water partition coefficient (Wildman–Crippen LogP) is 0.953. The minimum absolute atomic E-state index is 0.0649. The molecule has 1 aromatic rings. The zero-order valence-electron chi connectivity index (χ0n) is 15.7. The lowest BCUT2D eigenvalue weighted by atomic mass is 9.77. The van der Waals surface area contributed by atoms with Gasteiger partial charge in [-0.05, 0) is 63.7 Å². The van der Waals surface area contributed by atoms with Crippen LogP contribution in [0, 0.1) is 5.41 Å². The number of likely N-dealkylation sites (N-methyl/N-ethyl adjacent to an activating group) is 1. The first kappa shape index (κ1) is 17.7. The van der Waals surface area contributed by atoms with Crippen LogP contribution in [0.5, 0.6) is 0 Å². The van der Waals surface area contributed by atoms with E-state index >= 15 is 0 Å². The SMILES string of the molecule is CN1CC2(CCNCC2)C[C@@H]1C(=O)N1CCC(Nc2ncccn2)CC1. The van der Waals surface area contributed by atoms with Gasteiger partial charge in [-0.1, -0.05) is 0 Å². The van der Waals surface area contributed by atoms with Crippen LogP contribution in [0.15, 0.2) is 18.5 Å². The monoisotopic (exact) mass is 358 g/mol. The summed E-state index contributed by atoms with van der Waals surface area (Å²) >= 11 is 0. The molecule has 0 unspecified atom stereocenters. The topological polar surface area (TPSA) is 73.4 Å². The lowest BCUT2D eigenvalue weighted by molar-refractivity contribution is -0.136. The highest BCUT2D eigenvalue weighted by molar-refractivity contribution is 5.82. The van der Waals surface area contributed by atoms with Crippen LogP contribution in [-0.2, 0) is 4.79 Å². The number of hydrogen-bond acceptors (Lipinski definition) is 6. The second-order valence-corrected chi connectivity index (χ2v) is 8.20. The third kappa shape index (κ3) is 3.69. The summed E-state index contributed by atoms with van der Waals surface area (Å²) in [6, 6.07) is 2.23. The fourth-order valence-electron chi connectivity index (χ4n) is 4.88. The van der Waals surface area contributed by atoms with Gasteiger partial charge in [0.2, 0.25) is 11.9 Å². The van der Waals surface area contributed by atoms with E-state index in [0.717, 1.165) is 52.0 Å². The minimum atomic E-state index is 0.0649. The number of likely N-dealkylation sites (tertiary alicyclic amines) is 2. The van der Waals surface area contributed by atoms with Crippen LogP contribution in [0.25, 0.3) is 0 Å². The standard InChI is InChI=1S/C19H30N6O/c1-24-14-19(5-9-20-10-6-19)13-16(24)17(26)25-11-3-15(4-12-25)23-18-21-7-2-8-22-18/h2,7-8,15-16,20H,3-6,9-14H2,1H3,(H,21,22,23)/t16-/m1/s1. The molecule has 1 spiro atoms. The molecule has 4 rings (SSSR count). The number of hydrogen-bond donors (Lipinski definition) is 2. The van der Waals surface area contributed by atoms with Gasteiger partial charge in [-0.15, -0.1) is 0 Å². The number of carbonyl (C=O) groups excluding carboxylic acids is 1. The minimum Gasteiger partial charge on any atom is -0.351 e. The number of anilines is 1. The summed E-state index contributed by atoms with van der Waals surface area (Å²) in [5.74, 6) is 1.01. The van der Waals surface area contributed by atoms with E-state index in [1.54, 1.807) is 12.4 Å². The van der Waals surface area contributed by atoms with Crippen molar-refractivity contribution < 1.29 is 4.79 Å². The van der Waals surface area contributed by atoms with Crippen LogP contribution in [-0.4, -0.2) is 77.5 Å². The Bertz CT molecular complexity index is 610. The van der Waals surface area contributed by atoms with Gasteiger partial charge in [-0.2, -0.15) is 0 Å². The average Bonchev–Trinajstić information content (AvgIpc) is 2.99. The van der Waals surface area contributed by atoms with Crippen LogP contribution in [0.2, 0.25) is 0 Å². The lowest BCUT2D eigenvalue weighted by Gasteiger charge is -2.35. The zero-order valence-corrected chi connectivity index (χ0v) is 15.7. The van der Waals surface area contributed by atoms with E-state index in [4.69, 9.17) is 0 Å². The molecule has 0 bridgehead atoms. The van der Waals surface area contributed by atoms with E-state index in [-0.39, 0.29) is 6.04 Å². The quantitative estimate of drug-likeness (QED) is 0.838. The Morgan fingerprint density at radius 3 is 2.62 bits per heavy atom. The molecule has 142 valence electrons. The molecule has 4 heterocycles. The smallest absolute Gasteiger partial charge is 0.239 e. The normalized spacial score (nSPS) is 27.0. The van der Waals surface area contributed by atoms with Crippen LogP contribution in [0.1, 0.15) is 32.1 Å². The van der Waals surface area contributed by atoms with Crippen molar-refractivity contribution in [3.8, 4) is 0 Å². The summed E-state index contributed by atoms with van der Waals surface area (Å²) in [6.07, 6.45) is 8.83. The van der Waals surface area contributed by atoms with Gasteiger partial charge in [0.25, 0.3) is 0 Å². The largest absolute Gasteiger partial charge is 0.351 e. The molecular formula is C19H30N6O. The van der Waals surface area contributed by atoms with Crippen LogP contribution in [0.3, 0.4) is 0 Å². The molecule has 7 nitrogen and oxygen atoms in total.